The summed E-state index contributed by atoms with van der Waals surface area (Å²) in [6, 6.07) is 15.6. The normalized spacial score (nSPS) is 13.0. The topological polar surface area (TPSA) is 71.2 Å². The van der Waals surface area contributed by atoms with Gasteiger partial charge in [0.05, 0.1) is 34.4 Å². The van der Waals surface area contributed by atoms with Gasteiger partial charge in [-0.1, -0.05) is 12.1 Å². The molecule has 0 amide bonds. The highest BCUT2D eigenvalue weighted by atomic mass is 16.5. The highest BCUT2D eigenvalue weighted by Crippen LogP contribution is 2.29. The third-order valence-electron chi connectivity index (χ3n) is 5.27. The van der Waals surface area contributed by atoms with Crippen molar-refractivity contribution in [3.8, 4) is 28.4 Å². The first-order valence-electron chi connectivity index (χ1n) is 11.6. The first-order chi connectivity index (χ1) is 16.7. The molecule has 0 radical (unpaired) electrons. The van der Waals surface area contributed by atoms with Crippen LogP contribution in [0.4, 0.5) is 0 Å². The van der Waals surface area contributed by atoms with Gasteiger partial charge in [-0.3, -0.25) is 14.0 Å². The Hall–Kier alpha value is -4.13. The van der Waals surface area contributed by atoms with Crippen LogP contribution in [-0.2, 0) is 7.05 Å². The predicted molar refractivity (Wildman–Crippen MR) is 125 cm³/mol. The van der Waals surface area contributed by atoms with E-state index in [2.05, 4.69) is 10.1 Å². The van der Waals surface area contributed by atoms with E-state index in [1.54, 1.807) is 33.6 Å². The summed E-state index contributed by atoms with van der Waals surface area (Å²) in [4.78, 5) is 18.4. The Bertz CT molecular complexity index is 1610. The second-order valence-electron chi connectivity index (χ2n) is 7.37. The van der Waals surface area contributed by atoms with Gasteiger partial charge >= 0.3 is 0 Å². The maximum absolute atomic E-state index is 13.8. The van der Waals surface area contributed by atoms with Crippen LogP contribution in [0, 0.1) is 0 Å². The van der Waals surface area contributed by atoms with Crippen molar-refractivity contribution in [1.29, 1.82) is 0 Å². The quantitative estimate of drug-likeness (QED) is 0.415. The van der Waals surface area contributed by atoms with Gasteiger partial charge < -0.3 is 9.47 Å². The van der Waals surface area contributed by atoms with Crippen LogP contribution in [0.5, 0.6) is 11.6 Å². The third-order valence-corrected chi connectivity index (χ3v) is 5.27. The van der Waals surface area contributed by atoms with Crippen LogP contribution < -0.4 is 15.0 Å². The van der Waals surface area contributed by atoms with E-state index in [1.165, 1.54) is 12.1 Å². The minimum atomic E-state index is -2.56. The molecule has 0 unspecified atom stereocenters. The number of nitrogens with zero attached hydrogens (tertiary/aromatic N) is 4. The molecule has 32 heavy (non-hydrogen) atoms. The Morgan fingerprint density at radius 1 is 1.03 bits per heavy atom. The van der Waals surface area contributed by atoms with Crippen LogP contribution in [0.1, 0.15) is 11.0 Å². The summed E-state index contributed by atoms with van der Waals surface area (Å²) < 4.78 is 35.8. The van der Waals surface area contributed by atoms with Gasteiger partial charge in [0.1, 0.15) is 5.75 Å². The Balaban J connectivity index is 1.72. The molecular formula is C25H22N4O3. The van der Waals surface area contributed by atoms with E-state index in [-0.39, 0.29) is 11.3 Å². The number of fused-ring (bicyclic) bond motifs is 2. The molecule has 0 aliphatic heterocycles. The molecule has 0 aliphatic carbocycles. The molecule has 0 N–H and O–H groups in total. The van der Waals surface area contributed by atoms with Gasteiger partial charge in [-0.05, 0) is 48.9 Å². The third kappa shape index (κ3) is 3.37. The smallest absolute Gasteiger partial charge is 0.265 e. The van der Waals surface area contributed by atoms with Crippen molar-refractivity contribution < 1.29 is 13.6 Å². The van der Waals surface area contributed by atoms with Crippen LogP contribution in [0.2, 0.25) is 0 Å². The molecule has 7 heteroatoms. The fourth-order valence-electron chi connectivity index (χ4n) is 3.83. The minimum absolute atomic E-state index is 0.180. The zero-order valence-corrected chi connectivity index (χ0v) is 17.6. The van der Waals surface area contributed by atoms with Gasteiger partial charge in [0, 0.05) is 42.0 Å². The molecule has 0 fully saturated rings. The second-order valence-corrected chi connectivity index (χ2v) is 7.37. The van der Waals surface area contributed by atoms with Gasteiger partial charge in [-0.15, -0.1) is 0 Å². The fourth-order valence-corrected chi connectivity index (χ4v) is 3.83. The molecule has 3 aromatic heterocycles. The number of aryl methyl sites for hydroxylation is 1. The highest BCUT2D eigenvalue weighted by Gasteiger charge is 2.16. The van der Waals surface area contributed by atoms with Crippen LogP contribution in [0.15, 0.2) is 71.8 Å². The summed E-state index contributed by atoms with van der Waals surface area (Å²) >= 11 is 0. The summed E-state index contributed by atoms with van der Waals surface area (Å²) in [5.41, 5.74) is 2.69. The summed E-state index contributed by atoms with van der Waals surface area (Å²) in [6.45, 7) is 2.31. The summed E-state index contributed by atoms with van der Waals surface area (Å²) in [5, 5.41) is 6.06. The molecule has 5 aromatic rings. The largest absolute Gasteiger partial charge is 0.497 e. The SMILES string of the molecule is [2H]C([2H])([2H])Oc1ccc(-c2c(=O)n(-c3ccc4nn(C)cc4c3)cc3ccc(OCC)nc23)cc1. The monoisotopic (exact) mass is 429 g/mol. The zero-order valence-electron chi connectivity index (χ0n) is 20.6. The summed E-state index contributed by atoms with van der Waals surface area (Å²) in [6.07, 6.45) is 3.65. The number of rotatable bonds is 5. The number of aromatic nitrogens is 4. The molecule has 160 valence electrons. The molecule has 0 bridgehead atoms. The van der Waals surface area contributed by atoms with Crippen molar-refractivity contribution in [1.82, 2.24) is 19.3 Å². The van der Waals surface area contributed by atoms with Gasteiger partial charge in [-0.25, -0.2) is 4.98 Å². The highest BCUT2D eigenvalue weighted by molar-refractivity contribution is 5.93. The van der Waals surface area contributed by atoms with E-state index in [0.717, 1.165) is 16.3 Å². The van der Waals surface area contributed by atoms with Crippen molar-refractivity contribution in [2.45, 2.75) is 6.92 Å². The lowest BCUT2D eigenvalue weighted by Gasteiger charge is -2.13. The number of hydrogen-bond acceptors (Lipinski definition) is 5. The standard InChI is InChI=1S/C25H22N4O3/c1-4-32-22-12-7-17-15-29(19-8-11-21-18(13-19)14-28(2)27-21)25(30)23(24(17)26-22)16-5-9-20(31-3)10-6-16/h5-15H,4H2,1-3H3/i3D3. The van der Waals surface area contributed by atoms with E-state index in [0.29, 0.717) is 34.8 Å². The van der Waals surface area contributed by atoms with Crippen molar-refractivity contribution in [3.05, 3.63) is 77.3 Å². The van der Waals surface area contributed by atoms with Crippen molar-refractivity contribution in [3.63, 3.8) is 0 Å². The van der Waals surface area contributed by atoms with Crippen LogP contribution in [0.3, 0.4) is 0 Å². The molecule has 0 atom stereocenters. The summed E-state index contributed by atoms with van der Waals surface area (Å²) in [5.74, 6) is 0.594. The van der Waals surface area contributed by atoms with Gasteiger partial charge in [-0.2, -0.15) is 5.10 Å². The first kappa shape index (κ1) is 16.5. The Morgan fingerprint density at radius 2 is 1.88 bits per heavy atom. The van der Waals surface area contributed by atoms with Crippen molar-refractivity contribution in [2.24, 2.45) is 7.05 Å². The maximum Gasteiger partial charge on any atom is 0.265 e. The van der Waals surface area contributed by atoms with Crippen LogP contribution >= 0.6 is 0 Å². The van der Waals surface area contributed by atoms with Gasteiger partial charge in [0.2, 0.25) is 5.88 Å². The van der Waals surface area contributed by atoms with E-state index in [9.17, 15) is 4.79 Å². The molecule has 0 saturated heterocycles. The fraction of sp³-hybridized carbons (Fsp3) is 0.160. The number of benzene rings is 2. The van der Waals surface area contributed by atoms with E-state index >= 15 is 0 Å². The van der Waals surface area contributed by atoms with Crippen molar-refractivity contribution >= 4 is 21.8 Å². The van der Waals surface area contributed by atoms with Crippen LogP contribution in [-0.4, -0.2) is 33.0 Å². The van der Waals surface area contributed by atoms with E-state index < -0.39 is 7.04 Å². The average molecular weight is 429 g/mol. The van der Waals surface area contributed by atoms with Crippen molar-refractivity contribution in [2.75, 3.05) is 13.6 Å². The number of methoxy groups -OCH3 is 1. The van der Waals surface area contributed by atoms with E-state index in [1.807, 2.05) is 44.4 Å². The second kappa shape index (κ2) is 7.85. The average Bonchev–Trinajstić information content (AvgIpc) is 3.18. The Kier molecular flexibility index (Phi) is 4.06. The van der Waals surface area contributed by atoms with Crippen LogP contribution in [0.25, 0.3) is 38.6 Å². The minimum Gasteiger partial charge on any atom is -0.497 e. The Labute approximate surface area is 188 Å². The number of ether oxygens (including phenoxy) is 2. The van der Waals surface area contributed by atoms with Gasteiger partial charge in [0.25, 0.3) is 5.56 Å². The van der Waals surface area contributed by atoms with Gasteiger partial charge in [0.15, 0.2) is 0 Å². The first-order valence-corrected chi connectivity index (χ1v) is 10.1. The molecular weight excluding hydrogens is 404 g/mol. The molecule has 2 aromatic carbocycles. The number of pyridine rings is 2. The molecule has 5 rings (SSSR count). The Morgan fingerprint density at radius 3 is 2.66 bits per heavy atom. The molecule has 7 nitrogen and oxygen atoms in total. The lowest BCUT2D eigenvalue weighted by molar-refractivity contribution is 0.328. The summed E-state index contributed by atoms with van der Waals surface area (Å²) in [7, 11) is -0.715. The molecule has 0 saturated carbocycles. The lowest BCUT2D eigenvalue weighted by atomic mass is 10.0. The molecule has 3 heterocycles. The molecule has 0 spiro atoms. The van der Waals surface area contributed by atoms with E-state index in [4.69, 9.17) is 13.6 Å². The predicted octanol–water partition coefficient (Wildman–Crippen LogP) is 4.35. The lowest BCUT2D eigenvalue weighted by Crippen LogP contribution is -2.20. The zero-order chi connectivity index (χ0) is 24.7. The maximum atomic E-state index is 13.8. The molecule has 0 aliphatic rings. The number of hydrogen-bond donors (Lipinski definition) is 0.